The fraction of sp³-hybridized carbons (Fsp3) is 0.0909. The zero-order valence-corrected chi connectivity index (χ0v) is 15.6. The van der Waals surface area contributed by atoms with Crippen LogP contribution < -0.4 is 15.4 Å². The molecule has 2 N–H and O–H groups in total. The molecule has 0 aliphatic carbocycles. The van der Waals surface area contributed by atoms with Crippen LogP contribution in [-0.4, -0.2) is 18.9 Å². The molecule has 0 saturated carbocycles. The molecule has 1 heterocycles. The summed E-state index contributed by atoms with van der Waals surface area (Å²) >= 11 is 0. The molecule has 0 spiro atoms. The molecule has 0 fully saturated rings. The normalized spacial score (nSPS) is 11.0. The summed E-state index contributed by atoms with van der Waals surface area (Å²) in [5.74, 6) is 0.214. The molecule has 0 aliphatic heterocycles. The SMILES string of the molecule is COc1ccc(C(=O)N/C(=C\c2ccco2)C(=O)Nc2ccc(C)cc2)cc1. The van der Waals surface area contributed by atoms with Gasteiger partial charge in [-0.15, -0.1) is 0 Å². The third-order valence-electron chi connectivity index (χ3n) is 3.98. The summed E-state index contributed by atoms with van der Waals surface area (Å²) in [6.07, 6.45) is 2.97. The van der Waals surface area contributed by atoms with Crippen molar-refractivity contribution in [2.24, 2.45) is 0 Å². The number of aryl methyl sites for hydroxylation is 1. The molecule has 2 amide bonds. The maximum Gasteiger partial charge on any atom is 0.272 e. The van der Waals surface area contributed by atoms with Crippen LogP contribution in [0.2, 0.25) is 0 Å². The maximum atomic E-state index is 12.7. The van der Waals surface area contributed by atoms with E-state index in [1.807, 2.05) is 19.1 Å². The van der Waals surface area contributed by atoms with E-state index >= 15 is 0 Å². The van der Waals surface area contributed by atoms with Crippen LogP contribution in [0, 0.1) is 6.92 Å². The minimum atomic E-state index is -0.456. The third kappa shape index (κ3) is 4.88. The molecule has 3 rings (SSSR count). The summed E-state index contributed by atoms with van der Waals surface area (Å²) in [7, 11) is 1.55. The lowest BCUT2D eigenvalue weighted by molar-refractivity contribution is -0.113. The second-order valence-corrected chi connectivity index (χ2v) is 6.08. The van der Waals surface area contributed by atoms with E-state index in [2.05, 4.69) is 10.6 Å². The molecular formula is C22H20N2O4. The van der Waals surface area contributed by atoms with Crippen LogP contribution in [0.25, 0.3) is 6.08 Å². The minimum absolute atomic E-state index is 0.0661. The molecule has 0 unspecified atom stereocenters. The molecule has 2 aromatic carbocycles. The van der Waals surface area contributed by atoms with Gasteiger partial charge in [-0.2, -0.15) is 0 Å². The van der Waals surface area contributed by atoms with Gasteiger partial charge in [-0.05, 0) is 55.5 Å². The molecule has 6 nitrogen and oxygen atoms in total. The number of benzene rings is 2. The first-order chi connectivity index (χ1) is 13.5. The van der Waals surface area contributed by atoms with E-state index in [4.69, 9.17) is 9.15 Å². The molecular weight excluding hydrogens is 356 g/mol. The molecule has 28 heavy (non-hydrogen) atoms. The van der Waals surface area contributed by atoms with E-state index in [1.165, 1.54) is 12.3 Å². The van der Waals surface area contributed by atoms with Crippen molar-refractivity contribution in [3.8, 4) is 5.75 Å². The van der Waals surface area contributed by atoms with Crippen molar-refractivity contribution in [3.63, 3.8) is 0 Å². The van der Waals surface area contributed by atoms with Gasteiger partial charge in [0.05, 0.1) is 13.4 Å². The highest BCUT2D eigenvalue weighted by atomic mass is 16.5. The number of rotatable bonds is 6. The Morgan fingerprint density at radius 2 is 1.71 bits per heavy atom. The highest BCUT2D eigenvalue weighted by Gasteiger charge is 2.16. The Morgan fingerprint density at radius 1 is 1.00 bits per heavy atom. The van der Waals surface area contributed by atoms with Gasteiger partial charge in [-0.3, -0.25) is 9.59 Å². The monoisotopic (exact) mass is 376 g/mol. The Kier molecular flexibility index (Phi) is 5.91. The Bertz CT molecular complexity index is 972. The fourth-order valence-electron chi connectivity index (χ4n) is 2.45. The molecule has 0 atom stereocenters. The van der Waals surface area contributed by atoms with E-state index in [0.717, 1.165) is 5.56 Å². The number of anilines is 1. The van der Waals surface area contributed by atoms with Crippen molar-refractivity contribution in [2.45, 2.75) is 6.92 Å². The van der Waals surface area contributed by atoms with Crippen molar-refractivity contribution >= 4 is 23.6 Å². The van der Waals surface area contributed by atoms with Gasteiger partial charge in [0.15, 0.2) is 0 Å². The van der Waals surface area contributed by atoms with Gasteiger partial charge in [-0.25, -0.2) is 0 Å². The number of nitrogens with one attached hydrogen (secondary N) is 2. The molecule has 142 valence electrons. The van der Waals surface area contributed by atoms with Gasteiger partial charge in [0, 0.05) is 17.3 Å². The molecule has 0 saturated heterocycles. The average molecular weight is 376 g/mol. The van der Waals surface area contributed by atoms with Crippen LogP contribution in [-0.2, 0) is 4.79 Å². The van der Waals surface area contributed by atoms with Gasteiger partial charge in [0.1, 0.15) is 17.2 Å². The van der Waals surface area contributed by atoms with Crippen molar-refractivity contribution in [3.05, 3.63) is 89.5 Å². The number of carbonyl (C=O) groups excluding carboxylic acids is 2. The minimum Gasteiger partial charge on any atom is -0.497 e. The number of amides is 2. The highest BCUT2D eigenvalue weighted by molar-refractivity contribution is 6.10. The van der Waals surface area contributed by atoms with Crippen LogP contribution in [0.4, 0.5) is 5.69 Å². The summed E-state index contributed by atoms with van der Waals surface area (Å²) in [6.45, 7) is 1.96. The maximum absolute atomic E-state index is 12.7. The summed E-state index contributed by atoms with van der Waals surface area (Å²) in [5.41, 5.74) is 2.17. The number of hydrogen-bond donors (Lipinski definition) is 2. The van der Waals surface area contributed by atoms with Crippen LogP contribution in [0.5, 0.6) is 5.75 Å². The van der Waals surface area contributed by atoms with Gasteiger partial charge in [0.25, 0.3) is 11.8 Å². The third-order valence-corrected chi connectivity index (χ3v) is 3.98. The predicted octanol–water partition coefficient (Wildman–Crippen LogP) is 4.01. The molecule has 0 radical (unpaired) electrons. The first-order valence-corrected chi connectivity index (χ1v) is 8.64. The van der Waals surface area contributed by atoms with E-state index in [9.17, 15) is 9.59 Å². The second-order valence-electron chi connectivity index (χ2n) is 6.08. The lowest BCUT2D eigenvalue weighted by atomic mass is 10.2. The largest absolute Gasteiger partial charge is 0.497 e. The van der Waals surface area contributed by atoms with E-state index in [0.29, 0.717) is 22.8 Å². The fourth-order valence-corrected chi connectivity index (χ4v) is 2.45. The first kappa shape index (κ1) is 19.0. The van der Waals surface area contributed by atoms with Gasteiger partial charge >= 0.3 is 0 Å². The van der Waals surface area contributed by atoms with E-state index in [-0.39, 0.29) is 5.70 Å². The number of hydrogen-bond acceptors (Lipinski definition) is 4. The summed E-state index contributed by atoms with van der Waals surface area (Å²) in [5, 5.41) is 5.42. The standard InChI is InChI=1S/C22H20N2O4/c1-15-5-9-17(10-6-15)23-22(26)20(14-19-4-3-13-28-19)24-21(25)16-7-11-18(27-2)12-8-16/h3-14H,1-2H3,(H,23,26)(H,24,25)/b20-14-. The Balaban J connectivity index is 1.81. The topological polar surface area (TPSA) is 80.6 Å². The predicted molar refractivity (Wildman–Crippen MR) is 107 cm³/mol. The van der Waals surface area contributed by atoms with Gasteiger partial charge < -0.3 is 19.8 Å². The Hall–Kier alpha value is -3.80. The number of carbonyl (C=O) groups is 2. The van der Waals surface area contributed by atoms with Crippen molar-refractivity contribution in [1.82, 2.24) is 5.32 Å². The van der Waals surface area contributed by atoms with Crippen LogP contribution in [0.15, 0.2) is 77.0 Å². The lowest BCUT2D eigenvalue weighted by Crippen LogP contribution is -2.30. The van der Waals surface area contributed by atoms with Crippen LogP contribution >= 0.6 is 0 Å². The lowest BCUT2D eigenvalue weighted by Gasteiger charge is -2.11. The Labute approximate surface area is 162 Å². The quantitative estimate of drug-likeness (QED) is 0.637. The van der Waals surface area contributed by atoms with Crippen molar-refractivity contribution in [1.29, 1.82) is 0 Å². The zero-order chi connectivity index (χ0) is 19.9. The molecule has 0 aliphatic rings. The van der Waals surface area contributed by atoms with E-state index < -0.39 is 11.8 Å². The summed E-state index contributed by atoms with van der Waals surface area (Å²) in [6, 6.07) is 17.4. The number of furan rings is 1. The highest BCUT2D eigenvalue weighted by Crippen LogP contribution is 2.14. The second kappa shape index (κ2) is 8.73. The molecule has 0 bridgehead atoms. The number of methoxy groups -OCH3 is 1. The van der Waals surface area contributed by atoms with Gasteiger partial charge in [0.2, 0.25) is 0 Å². The van der Waals surface area contributed by atoms with Crippen LogP contribution in [0.3, 0.4) is 0 Å². The smallest absolute Gasteiger partial charge is 0.272 e. The Morgan fingerprint density at radius 3 is 2.32 bits per heavy atom. The summed E-state index contributed by atoms with van der Waals surface area (Å²) < 4.78 is 10.4. The zero-order valence-electron chi connectivity index (χ0n) is 15.6. The van der Waals surface area contributed by atoms with Crippen molar-refractivity contribution in [2.75, 3.05) is 12.4 Å². The molecule has 1 aromatic heterocycles. The number of ether oxygens (including phenoxy) is 1. The van der Waals surface area contributed by atoms with Crippen LogP contribution in [0.1, 0.15) is 21.7 Å². The summed E-state index contributed by atoms with van der Waals surface area (Å²) in [4.78, 5) is 25.3. The molecule has 3 aromatic rings. The first-order valence-electron chi connectivity index (χ1n) is 8.64. The van der Waals surface area contributed by atoms with Crippen molar-refractivity contribution < 1.29 is 18.7 Å². The van der Waals surface area contributed by atoms with Gasteiger partial charge in [-0.1, -0.05) is 17.7 Å². The van der Waals surface area contributed by atoms with E-state index in [1.54, 1.807) is 55.6 Å². The molecule has 6 heteroatoms. The average Bonchev–Trinajstić information content (AvgIpc) is 3.22.